The molecule has 1 aromatic carbocycles. The number of nitrogens with one attached hydrogen (secondary N) is 1. The predicted molar refractivity (Wildman–Crippen MR) is 165 cm³/mol. The lowest BCUT2D eigenvalue weighted by molar-refractivity contribution is -0.137. The average Bonchev–Trinajstić information content (AvgIpc) is 3.45. The van der Waals surface area contributed by atoms with Crippen molar-refractivity contribution in [2.75, 3.05) is 25.1 Å². The molecule has 5 rings (SSSR count). The number of alkyl halides is 3. The Hall–Kier alpha value is -4.17. The maximum Gasteiger partial charge on any atom is 0.416 e. The Labute approximate surface area is 267 Å². The number of carbonyl (C=O) groups excluding carboxylic acids is 2. The number of ether oxygens (including phenoxy) is 2. The quantitative estimate of drug-likeness (QED) is 0.347. The van der Waals surface area contributed by atoms with Crippen LogP contribution < -0.4 is 10.9 Å². The summed E-state index contributed by atoms with van der Waals surface area (Å²) in [5.41, 5.74) is -0.596. The number of nitrogens with zero attached hydrogens (tertiary/aromatic N) is 5. The SMILES string of the molecule is CCc1c(C2=CCCCN2C(=O)OC(C)(C)C)c(=O)n2nc(C3=CCOCC3)nc2n1CC(=O)Nc1ccc(C(F)(F)F)cc1Cl. The van der Waals surface area contributed by atoms with Gasteiger partial charge >= 0.3 is 12.3 Å². The van der Waals surface area contributed by atoms with Gasteiger partial charge in [0.2, 0.25) is 11.7 Å². The molecule has 2 aliphatic heterocycles. The van der Waals surface area contributed by atoms with Crippen LogP contribution in [-0.2, 0) is 33.4 Å². The third-order valence-corrected chi connectivity index (χ3v) is 7.71. The molecule has 2 aliphatic rings. The first-order chi connectivity index (χ1) is 21.7. The van der Waals surface area contributed by atoms with Crippen LogP contribution in [0.25, 0.3) is 17.0 Å². The van der Waals surface area contributed by atoms with E-state index >= 15 is 0 Å². The van der Waals surface area contributed by atoms with Crippen LogP contribution in [0.5, 0.6) is 0 Å². The van der Waals surface area contributed by atoms with Crippen LogP contribution >= 0.6 is 11.6 Å². The minimum Gasteiger partial charge on any atom is -0.443 e. The van der Waals surface area contributed by atoms with Crippen molar-refractivity contribution >= 4 is 46.3 Å². The number of halogens is 4. The monoisotopic (exact) mass is 662 g/mol. The normalized spacial score (nSPS) is 15.9. The Bertz CT molecular complexity index is 1800. The van der Waals surface area contributed by atoms with Crippen molar-refractivity contribution < 1.29 is 32.2 Å². The Kier molecular flexibility index (Phi) is 9.32. The molecule has 0 radical (unpaired) electrons. The van der Waals surface area contributed by atoms with E-state index in [1.165, 1.54) is 9.47 Å². The molecule has 246 valence electrons. The number of benzene rings is 1. The summed E-state index contributed by atoms with van der Waals surface area (Å²) >= 11 is 6.10. The minimum atomic E-state index is -4.60. The highest BCUT2D eigenvalue weighted by Crippen LogP contribution is 2.34. The van der Waals surface area contributed by atoms with Gasteiger partial charge in [0, 0.05) is 12.2 Å². The second-order valence-corrected chi connectivity index (χ2v) is 12.3. The van der Waals surface area contributed by atoms with Gasteiger partial charge in [-0.25, -0.2) is 4.79 Å². The van der Waals surface area contributed by atoms with E-state index in [0.29, 0.717) is 56.2 Å². The van der Waals surface area contributed by atoms with Crippen LogP contribution in [0.2, 0.25) is 5.02 Å². The summed E-state index contributed by atoms with van der Waals surface area (Å²) in [6.45, 7) is 7.77. The lowest BCUT2D eigenvalue weighted by atomic mass is 10.0. The summed E-state index contributed by atoms with van der Waals surface area (Å²) in [4.78, 5) is 47.1. The summed E-state index contributed by atoms with van der Waals surface area (Å²) in [7, 11) is 0. The first-order valence-corrected chi connectivity index (χ1v) is 15.2. The van der Waals surface area contributed by atoms with Crippen molar-refractivity contribution in [3.05, 3.63) is 68.4 Å². The standard InChI is InChI=1S/C31H34ClF3N6O5/c1-5-22-25(23-8-6-7-13-39(23)29(44)46-30(2,3)4)27(43)41-28(37-26(38-41)18-11-14-45-15-12-18)40(22)17-24(42)36-21-10-9-19(16-20(21)32)31(33,34)35/h8-11,16H,5-7,12-15,17H2,1-4H3,(H,36,42). The van der Waals surface area contributed by atoms with E-state index in [-0.39, 0.29) is 28.5 Å². The Morgan fingerprint density at radius 2 is 1.93 bits per heavy atom. The van der Waals surface area contributed by atoms with E-state index in [9.17, 15) is 27.6 Å². The zero-order valence-electron chi connectivity index (χ0n) is 25.8. The predicted octanol–water partition coefficient (Wildman–Crippen LogP) is 5.94. The summed E-state index contributed by atoms with van der Waals surface area (Å²) in [5, 5.41) is 6.80. The number of amides is 2. The zero-order valence-corrected chi connectivity index (χ0v) is 26.6. The molecule has 0 aliphatic carbocycles. The molecular weight excluding hydrogens is 629 g/mol. The van der Waals surface area contributed by atoms with Gasteiger partial charge in [0.25, 0.3) is 5.56 Å². The summed E-state index contributed by atoms with van der Waals surface area (Å²) in [5.74, 6) is -0.257. The molecule has 0 spiro atoms. The molecule has 4 heterocycles. The van der Waals surface area contributed by atoms with E-state index in [1.54, 1.807) is 33.8 Å². The fourth-order valence-electron chi connectivity index (χ4n) is 5.35. The van der Waals surface area contributed by atoms with Gasteiger partial charge in [-0.15, -0.1) is 5.10 Å². The van der Waals surface area contributed by atoms with Crippen LogP contribution in [0, 0.1) is 0 Å². The van der Waals surface area contributed by atoms with Gasteiger partial charge in [0.05, 0.1) is 40.7 Å². The molecular formula is C31H34ClF3N6O5. The molecule has 0 saturated heterocycles. The molecule has 2 amide bonds. The number of anilines is 1. The highest BCUT2D eigenvalue weighted by molar-refractivity contribution is 6.33. The van der Waals surface area contributed by atoms with Crippen LogP contribution in [0.3, 0.4) is 0 Å². The van der Waals surface area contributed by atoms with Gasteiger partial charge < -0.3 is 19.4 Å². The number of rotatable bonds is 6. The first-order valence-electron chi connectivity index (χ1n) is 14.8. The molecule has 11 nitrogen and oxygen atoms in total. The molecule has 3 aromatic rings. The van der Waals surface area contributed by atoms with E-state index in [0.717, 1.165) is 28.3 Å². The smallest absolute Gasteiger partial charge is 0.416 e. The Morgan fingerprint density at radius 1 is 1.17 bits per heavy atom. The van der Waals surface area contributed by atoms with Crippen LogP contribution in [-0.4, -0.2) is 61.4 Å². The fourth-order valence-corrected chi connectivity index (χ4v) is 5.57. The van der Waals surface area contributed by atoms with E-state index in [4.69, 9.17) is 21.1 Å². The van der Waals surface area contributed by atoms with Gasteiger partial charge in [-0.05, 0) is 70.2 Å². The first kappa shape index (κ1) is 33.2. The maximum atomic E-state index is 14.2. The molecule has 0 atom stereocenters. The largest absolute Gasteiger partial charge is 0.443 e. The lowest BCUT2D eigenvalue weighted by Gasteiger charge is -2.32. The number of hydrogen-bond donors (Lipinski definition) is 1. The minimum absolute atomic E-state index is 0.0180. The molecule has 1 N–H and O–H groups in total. The molecule has 2 aromatic heterocycles. The molecule has 0 saturated carbocycles. The number of allylic oxidation sites excluding steroid dienone is 1. The second-order valence-electron chi connectivity index (χ2n) is 11.9. The highest BCUT2D eigenvalue weighted by Gasteiger charge is 2.33. The van der Waals surface area contributed by atoms with Crippen LogP contribution in [0.1, 0.15) is 69.6 Å². The number of fused-ring (bicyclic) bond motifs is 1. The molecule has 46 heavy (non-hydrogen) atoms. The van der Waals surface area contributed by atoms with Crippen molar-refractivity contribution in [2.24, 2.45) is 0 Å². The third-order valence-electron chi connectivity index (χ3n) is 7.39. The Balaban J connectivity index is 1.63. The summed E-state index contributed by atoms with van der Waals surface area (Å²) in [6, 6.07) is 2.63. The van der Waals surface area contributed by atoms with E-state index in [1.807, 2.05) is 6.08 Å². The summed E-state index contributed by atoms with van der Waals surface area (Å²) < 4.78 is 53.2. The van der Waals surface area contributed by atoms with Gasteiger partial charge in [-0.2, -0.15) is 22.7 Å². The molecule has 15 heteroatoms. The lowest BCUT2D eigenvalue weighted by Crippen LogP contribution is -2.40. The number of aromatic nitrogens is 4. The van der Waals surface area contributed by atoms with Crippen molar-refractivity contribution in [1.29, 1.82) is 0 Å². The van der Waals surface area contributed by atoms with E-state index in [2.05, 4.69) is 15.4 Å². The second kappa shape index (κ2) is 12.9. The van der Waals surface area contributed by atoms with Gasteiger partial charge in [0.1, 0.15) is 12.1 Å². The summed E-state index contributed by atoms with van der Waals surface area (Å²) in [6.07, 6.45) is 0.414. The molecule has 0 bridgehead atoms. The van der Waals surface area contributed by atoms with Gasteiger partial charge in [-0.3, -0.25) is 14.5 Å². The zero-order chi connectivity index (χ0) is 33.4. The van der Waals surface area contributed by atoms with Crippen LogP contribution in [0.15, 0.2) is 35.1 Å². The Morgan fingerprint density at radius 3 is 2.57 bits per heavy atom. The van der Waals surface area contributed by atoms with Crippen molar-refractivity contribution in [2.45, 2.75) is 71.7 Å². The third kappa shape index (κ3) is 6.97. The number of hydrogen-bond acceptors (Lipinski definition) is 7. The average molecular weight is 663 g/mol. The number of carbonyl (C=O) groups is 2. The molecule has 0 unspecified atom stereocenters. The van der Waals surface area contributed by atoms with Gasteiger partial charge in [0.15, 0.2) is 5.82 Å². The molecule has 0 fully saturated rings. The van der Waals surface area contributed by atoms with Crippen molar-refractivity contribution in [3.63, 3.8) is 0 Å². The van der Waals surface area contributed by atoms with E-state index < -0.39 is 41.4 Å². The van der Waals surface area contributed by atoms with Crippen molar-refractivity contribution in [1.82, 2.24) is 24.1 Å². The topological polar surface area (TPSA) is 120 Å². The van der Waals surface area contributed by atoms with Crippen LogP contribution in [0.4, 0.5) is 23.7 Å². The highest BCUT2D eigenvalue weighted by atomic mass is 35.5. The maximum absolute atomic E-state index is 14.2. The van der Waals surface area contributed by atoms with Gasteiger partial charge in [-0.1, -0.05) is 30.7 Å². The fraction of sp³-hybridized carbons (Fsp3) is 0.452. The van der Waals surface area contributed by atoms with Crippen molar-refractivity contribution in [3.8, 4) is 0 Å².